The zero-order chi connectivity index (χ0) is 22.3. The summed E-state index contributed by atoms with van der Waals surface area (Å²) in [7, 11) is 0. The molecule has 0 spiro atoms. The van der Waals surface area contributed by atoms with E-state index in [9.17, 15) is 5.26 Å². The molecule has 0 saturated carbocycles. The Kier molecular flexibility index (Phi) is 4.82. The summed E-state index contributed by atoms with van der Waals surface area (Å²) in [6, 6.07) is 18.8. The van der Waals surface area contributed by atoms with Crippen molar-refractivity contribution in [3.63, 3.8) is 0 Å². The van der Waals surface area contributed by atoms with E-state index in [0.29, 0.717) is 0 Å². The van der Waals surface area contributed by atoms with E-state index in [0.717, 1.165) is 52.3 Å². The van der Waals surface area contributed by atoms with Crippen LogP contribution in [-0.2, 0) is 13.0 Å². The highest BCUT2D eigenvalue weighted by molar-refractivity contribution is 5.77. The summed E-state index contributed by atoms with van der Waals surface area (Å²) in [5.74, 6) is 1.78. The zero-order valence-electron chi connectivity index (χ0n) is 18.4. The Morgan fingerprint density at radius 2 is 1.75 bits per heavy atom. The number of rotatable bonds is 4. The van der Waals surface area contributed by atoms with Crippen LogP contribution in [0.4, 0.5) is 0 Å². The van der Waals surface area contributed by atoms with Crippen molar-refractivity contribution in [1.82, 2.24) is 14.5 Å². The quantitative estimate of drug-likeness (QED) is 0.442. The first kappa shape index (κ1) is 20.1. The van der Waals surface area contributed by atoms with E-state index in [4.69, 9.17) is 9.47 Å². The summed E-state index contributed by atoms with van der Waals surface area (Å²) in [6.45, 7) is 7.70. The lowest BCUT2D eigenvalue weighted by atomic mass is 9.96. The fourth-order valence-electron chi connectivity index (χ4n) is 4.04. The fraction of sp³-hybridized carbons (Fsp3) is 0.269. The molecule has 0 aliphatic carbocycles. The minimum Gasteiger partial charge on any atom is -0.454 e. The molecular formula is C26H24N4O2. The maximum Gasteiger partial charge on any atom is 0.234 e. The van der Waals surface area contributed by atoms with Gasteiger partial charge in [-0.1, -0.05) is 51.1 Å². The van der Waals surface area contributed by atoms with Crippen molar-refractivity contribution in [2.24, 2.45) is 5.41 Å². The van der Waals surface area contributed by atoms with Crippen LogP contribution in [0.3, 0.4) is 0 Å². The maximum absolute atomic E-state index is 9.23. The predicted octanol–water partition coefficient (Wildman–Crippen LogP) is 5.34. The molecule has 0 bridgehead atoms. The van der Waals surface area contributed by atoms with Crippen molar-refractivity contribution in [2.45, 2.75) is 33.7 Å². The SMILES string of the molecule is CC(C)(C)Cn1c(Cc2ccc(-c3ccc4c(c3)OCO4)cc2)cc2cnc(C#N)nc21. The Balaban J connectivity index is 1.46. The number of benzene rings is 2. The monoisotopic (exact) mass is 424 g/mol. The van der Waals surface area contributed by atoms with Crippen LogP contribution in [0.25, 0.3) is 22.2 Å². The molecular weight excluding hydrogens is 400 g/mol. The molecule has 0 N–H and O–H groups in total. The average Bonchev–Trinajstić information content (AvgIpc) is 3.37. The van der Waals surface area contributed by atoms with E-state index >= 15 is 0 Å². The average molecular weight is 425 g/mol. The summed E-state index contributed by atoms with van der Waals surface area (Å²) in [5, 5.41) is 10.2. The van der Waals surface area contributed by atoms with Crippen LogP contribution in [0.5, 0.6) is 11.5 Å². The van der Waals surface area contributed by atoms with Gasteiger partial charge >= 0.3 is 0 Å². The molecule has 6 nitrogen and oxygen atoms in total. The molecule has 2 aromatic carbocycles. The highest BCUT2D eigenvalue weighted by Crippen LogP contribution is 2.36. The number of hydrogen-bond donors (Lipinski definition) is 0. The van der Waals surface area contributed by atoms with E-state index in [1.807, 2.05) is 12.1 Å². The van der Waals surface area contributed by atoms with Gasteiger partial charge in [-0.3, -0.25) is 0 Å². The van der Waals surface area contributed by atoms with Crippen molar-refractivity contribution in [1.29, 1.82) is 5.26 Å². The summed E-state index contributed by atoms with van der Waals surface area (Å²) in [4.78, 5) is 8.64. The first-order valence-electron chi connectivity index (χ1n) is 10.6. The Morgan fingerprint density at radius 3 is 2.50 bits per heavy atom. The first-order chi connectivity index (χ1) is 15.4. The highest BCUT2D eigenvalue weighted by atomic mass is 16.7. The second-order valence-electron chi connectivity index (χ2n) is 9.31. The van der Waals surface area contributed by atoms with Gasteiger partial charge in [-0.25, -0.2) is 9.97 Å². The molecule has 0 saturated heterocycles. The third-order valence-electron chi connectivity index (χ3n) is 5.50. The van der Waals surface area contributed by atoms with Gasteiger partial charge in [-0.2, -0.15) is 5.26 Å². The van der Waals surface area contributed by atoms with Gasteiger partial charge in [0.1, 0.15) is 11.7 Å². The van der Waals surface area contributed by atoms with Crippen LogP contribution in [0.1, 0.15) is 37.9 Å². The zero-order valence-corrected chi connectivity index (χ0v) is 18.4. The molecule has 0 fully saturated rings. The Bertz CT molecular complexity index is 1340. The normalized spacial score (nSPS) is 12.8. The lowest BCUT2D eigenvalue weighted by molar-refractivity contribution is 0.174. The largest absolute Gasteiger partial charge is 0.454 e. The van der Waals surface area contributed by atoms with Crippen molar-refractivity contribution in [3.8, 4) is 28.7 Å². The molecule has 160 valence electrons. The van der Waals surface area contributed by atoms with Crippen molar-refractivity contribution < 1.29 is 9.47 Å². The van der Waals surface area contributed by atoms with E-state index in [1.54, 1.807) is 6.20 Å². The molecule has 32 heavy (non-hydrogen) atoms. The van der Waals surface area contributed by atoms with Gasteiger partial charge in [0.15, 0.2) is 11.5 Å². The predicted molar refractivity (Wildman–Crippen MR) is 123 cm³/mol. The molecule has 0 atom stereocenters. The fourth-order valence-corrected chi connectivity index (χ4v) is 4.04. The van der Waals surface area contributed by atoms with Gasteiger partial charge in [0.05, 0.1) is 0 Å². The molecule has 0 amide bonds. The molecule has 0 unspecified atom stereocenters. The van der Waals surface area contributed by atoms with Gasteiger partial charge in [0, 0.05) is 30.2 Å². The minimum absolute atomic E-state index is 0.0711. The Hall–Kier alpha value is -3.85. The molecule has 0 radical (unpaired) electrons. The van der Waals surface area contributed by atoms with Crippen molar-refractivity contribution >= 4 is 11.0 Å². The number of ether oxygens (including phenoxy) is 2. The van der Waals surface area contributed by atoms with Crippen LogP contribution in [0, 0.1) is 16.7 Å². The van der Waals surface area contributed by atoms with E-state index in [-0.39, 0.29) is 18.0 Å². The summed E-state index contributed by atoms with van der Waals surface area (Å²) in [6.07, 6.45) is 2.52. The highest BCUT2D eigenvalue weighted by Gasteiger charge is 2.19. The number of hydrogen-bond acceptors (Lipinski definition) is 5. The van der Waals surface area contributed by atoms with Crippen molar-refractivity contribution in [2.75, 3.05) is 6.79 Å². The van der Waals surface area contributed by atoms with Gasteiger partial charge in [-0.05, 0) is 40.3 Å². The second kappa shape index (κ2) is 7.69. The van der Waals surface area contributed by atoms with Crippen LogP contribution in [-0.4, -0.2) is 21.3 Å². The topological polar surface area (TPSA) is 73.0 Å². The van der Waals surface area contributed by atoms with E-state index in [2.05, 4.69) is 77.8 Å². The smallest absolute Gasteiger partial charge is 0.234 e. The Labute approximate surface area is 187 Å². The van der Waals surface area contributed by atoms with Crippen LogP contribution < -0.4 is 9.47 Å². The third kappa shape index (κ3) is 3.90. The molecule has 6 heteroatoms. The van der Waals surface area contributed by atoms with Crippen LogP contribution >= 0.6 is 0 Å². The third-order valence-corrected chi connectivity index (χ3v) is 5.50. The molecule has 3 heterocycles. The Morgan fingerprint density at radius 1 is 1.00 bits per heavy atom. The summed E-state index contributed by atoms with van der Waals surface area (Å²) < 4.78 is 13.1. The number of nitriles is 1. The summed E-state index contributed by atoms with van der Waals surface area (Å²) >= 11 is 0. The van der Waals surface area contributed by atoms with Gasteiger partial charge in [-0.15, -0.1) is 0 Å². The van der Waals surface area contributed by atoms with E-state index in [1.165, 1.54) is 5.56 Å². The number of aromatic nitrogens is 3. The van der Waals surface area contributed by atoms with Gasteiger partial charge in [0.2, 0.25) is 12.6 Å². The van der Waals surface area contributed by atoms with Gasteiger partial charge in [0.25, 0.3) is 0 Å². The molecule has 4 aromatic rings. The second-order valence-corrected chi connectivity index (χ2v) is 9.31. The minimum atomic E-state index is 0.0711. The molecule has 1 aliphatic rings. The molecule has 5 rings (SSSR count). The lowest BCUT2D eigenvalue weighted by Crippen LogP contribution is -2.18. The maximum atomic E-state index is 9.23. The van der Waals surface area contributed by atoms with Gasteiger partial charge < -0.3 is 14.0 Å². The standard InChI is InChI=1S/C26H24N4O2/c1-26(2,3)15-30-21(11-20-14-28-24(13-27)29-25(20)30)10-17-4-6-18(7-5-17)19-8-9-22-23(12-19)32-16-31-22/h4-9,11-12,14H,10,15-16H2,1-3H3. The molecule has 1 aliphatic heterocycles. The summed E-state index contributed by atoms with van der Waals surface area (Å²) in [5.41, 5.74) is 5.49. The molecule has 2 aromatic heterocycles. The van der Waals surface area contributed by atoms with Crippen molar-refractivity contribution in [3.05, 3.63) is 71.8 Å². The van der Waals surface area contributed by atoms with E-state index < -0.39 is 0 Å². The first-order valence-corrected chi connectivity index (χ1v) is 10.6. The van der Waals surface area contributed by atoms with Crippen LogP contribution in [0.15, 0.2) is 54.7 Å². The van der Waals surface area contributed by atoms with Crippen LogP contribution in [0.2, 0.25) is 0 Å². The lowest BCUT2D eigenvalue weighted by Gasteiger charge is -2.22. The number of fused-ring (bicyclic) bond motifs is 2. The number of nitrogens with zero attached hydrogens (tertiary/aromatic N) is 4.